The number of rotatable bonds is 9. The molecule has 1 atom stereocenters. The molecule has 1 unspecified atom stereocenters. The lowest BCUT2D eigenvalue weighted by atomic mass is 10.2. The number of aliphatic hydroxyl groups excluding tert-OH is 1. The third-order valence-electron chi connectivity index (χ3n) is 3.70. The average Bonchev–Trinajstić information content (AvgIpc) is 2.62. The maximum atomic E-state index is 10.9. The first kappa shape index (κ1) is 20.0. The molecule has 0 radical (unpaired) electrons. The molecule has 0 aliphatic rings. The van der Waals surface area contributed by atoms with E-state index in [1.807, 2.05) is 4.90 Å². The highest BCUT2D eigenvalue weighted by atomic mass is 35.5. The van der Waals surface area contributed by atoms with Crippen molar-refractivity contribution in [2.24, 2.45) is 0 Å². The summed E-state index contributed by atoms with van der Waals surface area (Å²) in [7, 11) is 3.38. The van der Waals surface area contributed by atoms with E-state index in [1.165, 1.54) is 18.2 Å². The molecule has 0 fully saturated rings. The monoisotopic (exact) mass is 380 g/mol. The number of hydrogen-bond donors (Lipinski definition) is 1. The topological polar surface area (TPSA) is 85.1 Å². The van der Waals surface area contributed by atoms with E-state index >= 15 is 0 Å². The number of benzene rings is 2. The second-order valence-electron chi connectivity index (χ2n) is 5.87. The lowest BCUT2D eigenvalue weighted by molar-refractivity contribution is -0.384. The van der Waals surface area contributed by atoms with Crippen LogP contribution < -0.4 is 9.47 Å². The number of halogens is 1. The molecule has 0 heterocycles. The summed E-state index contributed by atoms with van der Waals surface area (Å²) >= 11 is 6.10. The number of hydrogen-bond acceptors (Lipinski definition) is 6. The van der Waals surface area contributed by atoms with Gasteiger partial charge in [0.25, 0.3) is 5.69 Å². The molecule has 0 amide bonds. The number of non-ortho nitro benzene ring substituents is 1. The normalized spacial score (nSPS) is 12.0. The van der Waals surface area contributed by atoms with Gasteiger partial charge in [-0.1, -0.05) is 11.6 Å². The molecule has 0 spiro atoms. The molecule has 26 heavy (non-hydrogen) atoms. The van der Waals surface area contributed by atoms with Crippen LogP contribution in [0.5, 0.6) is 11.5 Å². The van der Waals surface area contributed by atoms with Crippen molar-refractivity contribution in [3.63, 3.8) is 0 Å². The van der Waals surface area contributed by atoms with Gasteiger partial charge in [0, 0.05) is 30.2 Å². The molecule has 7 nitrogen and oxygen atoms in total. The van der Waals surface area contributed by atoms with Crippen LogP contribution in [0.4, 0.5) is 5.69 Å². The fourth-order valence-electron chi connectivity index (χ4n) is 2.43. The van der Waals surface area contributed by atoms with Crippen LogP contribution in [0.1, 0.15) is 5.56 Å². The van der Waals surface area contributed by atoms with Gasteiger partial charge < -0.3 is 14.6 Å². The van der Waals surface area contributed by atoms with Crippen LogP contribution in [0.3, 0.4) is 0 Å². The second-order valence-corrected chi connectivity index (χ2v) is 6.28. The molecule has 2 rings (SSSR count). The van der Waals surface area contributed by atoms with Crippen molar-refractivity contribution in [1.29, 1.82) is 0 Å². The molecule has 8 heteroatoms. The summed E-state index contributed by atoms with van der Waals surface area (Å²) in [5.74, 6) is 1.36. The Balaban J connectivity index is 1.85. The van der Waals surface area contributed by atoms with E-state index in [1.54, 1.807) is 38.4 Å². The largest absolute Gasteiger partial charge is 0.497 e. The van der Waals surface area contributed by atoms with E-state index in [-0.39, 0.29) is 12.3 Å². The Hall–Kier alpha value is -2.35. The van der Waals surface area contributed by atoms with E-state index in [0.29, 0.717) is 29.4 Å². The van der Waals surface area contributed by atoms with Crippen LogP contribution in [0.2, 0.25) is 5.02 Å². The fourth-order valence-corrected chi connectivity index (χ4v) is 2.61. The summed E-state index contributed by atoms with van der Waals surface area (Å²) in [6.07, 6.45) is -0.723. The first-order valence-electron chi connectivity index (χ1n) is 7.95. The number of methoxy groups -OCH3 is 1. The summed E-state index contributed by atoms with van der Waals surface area (Å²) in [6, 6.07) is 11.4. The Bertz CT molecular complexity index is 739. The number of nitro groups is 1. The van der Waals surface area contributed by atoms with Crippen molar-refractivity contribution in [2.45, 2.75) is 12.6 Å². The number of aliphatic hydroxyl groups is 1. The lowest BCUT2D eigenvalue weighted by Gasteiger charge is -2.21. The van der Waals surface area contributed by atoms with E-state index in [4.69, 9.17) is 21.1 Å². The molecule has 0 saturated carbocycles. The van der Waals surface area contributed by atoms with Gasteiger partial charge in [0.05, 0.1) is 12.0 Å². The number of likely N-dealkylation sites (N-methyl/N-ethyl adjacent to an activating group) is 1. The van der Waals surface area contributed by atoms with Crippen LogP contribution in [0, 0.1) is 10.1 Å². The van der Waals surface area contributed by atoms with Gasteiger partial charge in [0.15, 0.2) is 0 Å². The van der Waals surface area contributed by atoms with E-state index < -0.39 is 11.0 Å². The zero-order chi connectivity index (χ0) is 19.1. The third-order valence-corrected chi connectivity index (χ3v) is 4.07. The van der Waals surface area contributed by atoms with Gasteiger partial charge in [-0.15, -0.1) is 0 Å². The van der Waals surface area contributed by atoms with Crippen molar-refractivity contribution in [1.82, 2.24) is 4.90 Å². The average molecular weight is 381 g/mol. The van der Waals surface area contributed by atoms with Gasteiger partial charge in [0.1, 0.15) is 24.2 Å². The van der Waals surface area contributed by atoms with Crippen LogP contribution in [0.15, 0.2) is 42.5 Å². The molecular formula is C18H21ClN2O5. The highest BCUT2D eigenvalue weighted by Gasteiger charge is 2.14. The summed E-state index contributed by atoms with van der Waals surface area (Å²) in [6.45, 7) is 0.828. The lowest BCUT2D eigenvalue weighted by Crippen LogP contribution is -2.32. The molecule has 0 aliphatic carbocycles. The molecule has 0 aromatic heterocycles. The quantitative estimate of drug-likeness (QED) is 0.531. The zero-order valence-electron chi connectivity index (χ0n) is 14.6. The Morgan fingerprint density at radius 2 is 1.88 bits per heavy atom. The first-order chi connectivity index (χ1) is 12.4. The summed E-state index contributed by atoms with van der Waals surface area (Å²) in [5.41, 5.74) is 0.618. The number of nitrogens with zero attached hydrogens (tertiary/aromatic N) is 2. The maximum Gasteiger partial charge on any atom is 0.269 e. The highest BCUT2D eigenvalue weighted by Crippen LogP contribution is 2.23. The van der Waals surface area contributed by atoms with Crippen molar-refractivity contribution >= 4 is 17.3 Å². The van der Waals surface area contributed by atoms with E-state index in [2.05, 4.69) is 0 Å². The molecule has 140 valence electrons. The Kier molecular flexibility index (Phi) is 7.20. The van der Waals surface area contributed by atoms with Crippen molar-refractivity contribution in [3.8, 4) is 11.5 Å². The molecule has 2 aromatic carbocycles. The highest BCUT2D eigenvalue weighted by molar-refractivity contribution is 6.31. The van der Waals surface area contributed by atoms with Crippen LogP contribution in [-0.2, 0) is 6.54 Å². The van der Waals surface area contributed by atoms with Gasteiger partial charge in [-0.25, -0.2) is 0 Å². The minimum Gasteiger partial charge on any atom is -0.497 e. The minimum atomic E-state index is -0.723. The second kappa shape index (κ2) is 9.38. The van der Waals surface area contributed by atoms with Crippen molar-refractivity contribution in [3.05, 3.63) is 63.2 Å². The van der Waals surface area contributed by atoms with E-state index in [9.17, 15) is 15.2 Å². The molecule has 0 bridgehead atoms. The standard InChI is InChI=1S/C18H21ClN2O5/c1-20(10-13-9-14(21(23)24)3-8-18(13)19)11-15(22)12-26-17-6-4-16(25-2)5-7-17/h3-9,15,22H,10-12H2,1-2H3. The first-order valence-corrected chi connectivity index (χ1v) is 8.33. The van der Waals surface area contributed by atoms with Gasteiger partial charge >= 0.3 is 0 Å². The Morgan fingerprint density at radius 1 is 1.23 bits per heavy atom. The number of nitro benzene ring substituents is 1. The SMILES string of the molecule is COc1ccc(OCC(O)CN(C)Cc2cc([N+](=O)[O-])ccc2Cl)cc1. The van der Waals surface area contributed by atoms with Crippen molar-refractivity contribution in [2.75, 3.05) is 27.3 Å². The van der Waals surface area contributed by atoms with Gasteiger partial charge in [0.2, 0.25) is 0 Å². The predicted molar refractivity (Wildman–Crippen MR) is 98.9 cm³/mol. The Labute approximate surface area is 156 Å². The zero-order valence-corrected chi connectivity index (χ0v) is 15.3. The maximum absolute atomic E-state index is 10.9. The molecule has 1 N–H and O–H groups in total. The minimum absolute atomic E-state index is 0.0128. The fraction of sp³-hybridized carbons (Fsp3) is 0.333. The van der Waals surface area contributed by atoms with E-state index in [0.717, 1.165) is 5.75 Å². The summed E-state index contributed by atoms with van der Waals surface area (Å²) in [5, 5.41) is 21.5. The molecule has 0 aliphatic heterocycles. The third kappa shape index (κ3) is 5.87. The molecule has 2 aromatic rings. The van der Waals surface area contributed by atoms with Crippen LogP contribution >= 0.6 is 11.6 Å². The van der Waals surface area contributed by atoms with Crippen LogP contribution in [-0.4, -0.2) is 48.3 Å². The summed E-state index contributed by atoms with van der Waals surface area (Å²) < 4.78 is 10.6. The smallest absolute Gasteiger partial charge is 0.269 e. The van der Waals surface area contributed by atoms with Gasteiger partial charge in [-0.2, -0.15) is 0 Å². The Morgan fingerprint density at radius 3 is 2.50 bits per heavy atom. The van der Waals surface area contributed by atoms with Gasteiger partial charge in [-0.3, -0.25) is 15.0 Å². The van der Waals surface area contributed by atoms with Crippen LogP contribution in [0.25, 0.3) is 0 Å². The predicted octanol–water partition coefficient (Wildman–Crippen LogP) is 3.13. The number of ether oxygens (including phenoxy) is 2. The molecular weight excluding hydrogens is 360 g/mol. The summed E-state index contributed by atoms with van der Waals surface area (Å²) in [4.78, 5) is 12.2. The van der Waals surface area contributed by atoms with Crippen molar-refractivity contribution < 1.29 is 19.5 Å². The van der Waals surface area contributed by atoms with Gasteiger partial charge in [-0.05, 0) is 42.9 Å². The molecule has 0 saturated heterocycles.